The molecule has 0 bridgehead atoms. The maximum absolute atomic E-state index is 12.0. The summed E-state index contributed by atoms with van der Waals surface area (Å²) in [6, 6.07) is 9.13. The van der Waals surface area contributed by atoms with Gasteiger partial charge in [-0.05, 0) is 55.7 Å². The molecule has 2 aromatic carbocycles. The number of nitrogens with one attached hydrogen (secondary N) is 1. The zero-order valence-corrected chi connectivity index (χ0v) is 13.6. The first-order valence-corrected chi connectivity index (χ1v) is 7.30. The lowest BCUT2D eigenvalue weighted by Crippen LogP contribution is -2.21. The Bertz CT molecular complexity index is 691. The number of aryl methyl sites for hydroxylation is 3. The van der Waals surface area contributed by atoms with Crippen LogP contribution in [0.4, 0.5) is 11.4 Å². The minimum atomic E-state index is -0.259. The molecule has 1 amide bonds. The lowest BCUT2D eigenvalue weighted by atomic mass is 10.1. The number of rotatable bonds is 4. The number of carbonyl (C=O) groups is 1. The van der Waals surface area contributed by atoms with Crippen molar-refractivity contribution >= 4 is 28.9 Å². The quantitative estimate of drug-likeness (QED) is 0.841. The molecule has 0 heterocycles. The van der Waals surface area contributed by atoms with Crippen LogP contribution in [0.15, 0.2) is 30.3 Å². The maximum Gasteiger partial charge on any atom is 0.262 e. The average molecular weight is 319 g/mol. The summed E-state index contributed by atoms with van der Waals surface area (Å²) in [5, 5.41) is 3.29. The first-order valence-electron chi connectivity index (χ1n) is 6.92. The summed E-state index contributed by atoms with van der Waals surface area (Å²) in [5.74, 6) is 0.274. The van der Waals surface area contributed by atoms with Crippen molar-refractivity contribution in [3.8, 4) is 5.75 Å². The van der Waals surface area contributed by atoms with Crippen molar-refractivity contribution in [3.63, 3.8) is 0 Å². The molecule has 2 aromatic rings. The van der Waals surface area contributed by atoms with Gasteiger partial charge >= 0.3 is 0 Å². The van der Waals surface area contributed by atoms with Gasteiger partial charge in [-0.3, -0.25) is 4.79 Å². The Kier molecular flexibility index (Phi) is 4.93. The van der Waals surface area contributed by atoms with Gasteiger partial charge in [-0.1, -0.05) is 23.7 Å². The van der Waals surface area contributed by atoms with Gasteiger partial charge in [0.25, 0.3) is 5.91 Å². The largest absolute Gasteiger partial charge is 0.482 e. The Morgan fingerprint density at radius 1 is 1.18 bits per heavy atom. The second-order valence-electron chi connectivity index (χ2n) is 5.30. The van der Waals surface area contributed by atoms with Crippen LogP contribution in [0.3, 0.4) is 0 Å². The second kappa shape index (κ2) is 6.71. The highest BCUT2D eigenvalue weighted by atomic mass is 35.5. The first-order chi connectivity index (χ1) is 10.4. The lowest BCUT2D eigenvalue weighted by molar-refractivity contribution is -0.118. The van der Waals surface area contributed by atoms with Gasteiger partial charge in [0.05, 0.1) is 5.02 Å². The average Bonchev–Trinajstić information content (AvgIpc) is 2.41. The molecule has 0 aliphatic carbocycles. The van der Waals surface area contributed by atoms with Gasteiger partial charge < -0.3 is 15.8 Å². The number of anilines is 2. The van der Waals surface area contributed by atoms with Crippen LogP contribution in [-0.2, 0) is 4.79 Å². The summed E-state index contributed by atoms with van der Waals surface area (Å²) >= 11 is 6.15. The molecule has 0 aliphatic rings. The molecule has 3 N–H and O–H groups in total. The van der Waals surface area contributed by atoms with E-state index in [1.54, 1.807) is 12.1 Å². The third-order valence-corrected chi connectivity index (χ3v) is 3.54. The number of benzene rings is 2. The minimum absolute atomic E-state index is 0.113. The molecule has 0 atom stereocenters. The predicted octanol–water partition coefficient (Wildman–Crippen LogP) is 3.86. The van der Waals surface area contributed by atoms with Gasteiger partial charge in [-0.15, -0.1) is 0 Å². The van der Waals surface area contributed by atoms with E-state index in [1.165, 1.54) is 0 Å². The van der Waals surface area contributed by atoms with E-state index in [2.05, 4.69) is 5.32 Å². The van der Waals surface area contributed by atoms with Crippen molar-refractivity contribution in [3.05, 3.63) is 52.0 Å². The fraction of sp³-hybridized carbons (Fsp3) is 0.235. The van der Waals surface area contributed by atoms with E-state index in [-0.39, 0.29) is 12.5 Å². The molecular formula is C17H19ClN2O2. The molecule has 5 heteroatoms. The smallest absolute Gasteiger partial charge is 0.262 e. The Morgan fingerprint density at radius 3 is 2.59 bits per heavy atom. The maximum atomic E-state index is 12.0. The van der Waals surface area contributed by atoms with Crippen molar-refractivity contribution in [1.29, 1.82) is 0 Å². The number of amides is 1. The van der Waals surface area contributed by atoms with E-state index in [0.29, 0.717) is 22.1 Å². The van der Waals surface area contributed by atoms with E-state index >= 15 is 0 Å². The van der Waals surface area contributed by atoms with Crippen LogP contribution in [0.5, 0.6) is 5.75 Å². The summed E-state index contributed by atoms with van der Waals surface area (Å²) < 4.78 is 5.55. The van der Waals surface area contributed by atoms with Crippen molar-refractivity contribution in [2.45, 2.75) is 20.8 Å². The van der Waals surface area contributed by atoms with E-state index in [4.69, 9.17) is 22.1 Å². The Balaban J connectivity index is 2.03. The van der Waals surface area contributed by atoms with Crippen LogP contribution in [-0.4, -0.2) is 12.5 Å². The van der Waals surface area contributed by atoms with Crippen molar-refractivity contribution in [2.24, 2.45) is 0 Å². The molecule has 0 unspecified atom stereocenters. The molecular weight excluding hydrogens is 300 g/mol. The number of carbonyl (C=O) groups excluding carboxylic acids is 1. The highest BCUT2D eigenvalue weighted by Crippen LogP contribution is 2.29. The third kappa shape index (κ3) is 3.92. The molecule has 0 aliphatic heterocycles. The first kappa shape index (κ1) is 16.2. The molecule has 0 aromatic heterocycles. The molecule has 0 radical (unpaired) electrons. The van der Waals surface area contributed by atoms with Gasteiger partial charge in [-0.2, -0.15) is 0 Å². The van der Waals surface area contributed by atoms with Crippen molar-refractivity contribution < 1.29 is 9.53 Å². The van der Waals surface area contributed by atoms with E-state index < -0.39 is 0 Å². The molecule has 0 saturated carbocycles. The molecule has 116 valence electrons. The lowest BCUT2D eigenvalue weighted by Gasteiger charge is -2.13. The molecule has 0 spiro atoms. The Morgan fingerprint density at radius 2 is 1.91 bits per heavy atom. The van der Waals surface area contributed by atoms with Crippen LogP contribution in [0.2, 0.25) is 5.02 Å². The van der Waals surface area contributed by atoms with Gasteiger partial charge in [0.2, 0.25) is 0 Å². The standard InChI is InChI=1S/C17H19ClN2O2/c1-10-6-12(3)17(14(18)7-10)22-9-16(21)20-15-8-13(19)5-4-11(15)2/h4-8H,9,19H2,1-3H3,(H,20,21). The number of hydrogen-bond donors (Lipinski definition) is 2. The predicted molar refractivity (Wildman–Crippen MR) is 90.6 cm³/mol. The van der Waals surface area contributed by atoms with Crippen LogP contribution < -0.4 is 15.8 Å². The second-order valence-corrected chi connectivity index (χ2v) is 5.71. The fourth-order valence-corrected chi connectivity index (χ4v) is 2.56. The van der Waals surface area contributed by atoms with Crippen LogP contribution in [0, 0.1) is 20.8 Å². The molecule has 4 nitrogen and oxygen atoms in total. The number of halogens is 1. The van der Waals surface area contributed by atoms with Crippen LogP contribution in [0.1, 0.15) is 16.7 Å². The summed E-state index contributed by atoms with van der Waals surface area (Å²) in [4.78, 5) is 12.0. The van der Waals surface area contributed by atoms with Gasteiger partial charge in [0.1, 0.15) is 5.75 Å². The van der Waals surface area contributed by atoms with E-state index in [0.717, 1.165) is 16.7 Å². The number of nitrogens with two attached hydrogens (primary N) is 1. The number of hydrogen-bond acceptors (Lipinski definition) is 3. The Hall–Kier alpha value is -2.20. The SMILES string of the molecule is Cc1cc(C)c(OCC(=O)Nc2cc(N)ccc2C)c(Cl)c1. The highest BCUT2D eigenvalue weighted by Gasteiger charge is 2.10. The van der Waals surface area contributed by atoms with E-state index in [1.807, 2.05) is 39.0 Å². The highest BCUT2D eigenvalue weighted by molar-refractivity contribution is 6.32. The van der Waals surface area contributed by atoms with Crippen molar-refractivity contribution in [1.82, 2.24) is 0 Å². The molecule has 0 fully saturated rings. The Labute approximate surface area is 135 Å². The van der Waals surface area contributed by atoms with Gasteiger partial charge in [0.15, 0.2) is 6.61 Å². The summed E-state index contributed by atoms with van der Waals surface area (Å²) in [7, 11) is 0. The monoisotopic (exact) mass is 318 g/mol. The van der Waals surface area contributed by atoms with Crippen molar-refractivity contribution in [2.75, 3.05) is 17.7 Å². The minimum Gasteiger partial charge on any atom is -0.482 e. The van der Waals surface area contributed by atoms with Crippen LogP contribution in [0.25, 0.3) is 0 Å². The third-order valence-electron chi connectivity index (χ3n) is 3.26. The van der Waals surface area contributed by atoms with Gasteiger partial charge in [-0.25, -0.2) is 0 Å². The van der Waals surface area contributed by atoms with Gasteiger partial charge in [0, 0.05) is 11.4 Å². The normalized spacial score (nSPS) is 10.4. The molecule has 2 rings (SSSR count). The summed E-state index contributed by atoms with van der Waals surface area (Å²) in [6.45, 7) is 5.64. The van der Waals surface area contributed by atoms with E-state index in [9.17, 15) is 4.79 Å². The molecule has 0 saturated heterocycles. The fourth-order valence-electron chi connectivity index (χ4n) is 2.18. The number of ether oxygens (including phenoxy) is 1. The zero-order chi connectivity index (χ0) is 16.3. The zero-order valence-electron chi connectivity index (χ0n) is 12.9. The number of nitrogen functional groups attached to an aromatic ring is 1. The molecule has 22 heavy (non-hydrogen) atoms. The topological polar surface area (TPSA) is 64.3 Å². The summed E-state index contributed by atoms with van der Waals surface area (Å²) in [5.41, 5.74) is 9.89. The summed E-state index contributed by atoms with van der Waals surface area (Å²) in [6.07, 6.45) is 0. The van der Waals surface area contributed by atoms with Crippen LogP contribution >= 0.6 is 11.6 Å².